The molecule has 0 rings (SSSR count). The molecular formula is C12H27ClO3Ti. The van der Waals surface area contributed by atoms with Crippen molar-refractivity contribution in [3.8, 4) is 0 Å². The van der Waals surface area contributed by atoms with Crippen molar-refractivity contribution < 1.29 is 25.6 Å². The zero-order chi connectivity index (χ0) is 13.2. The average molecular weight is 303 g/mol. The molecule has 0 aliphatic heterocycles. The van der Waals surface area contributed by atoms with Crippen LogP contribution >= 0.6 is 11.9 Å². The van der Waals surface area contributed by atoms with Crippen LogP contribution in [0.5, 0.6) is 0 Å². The Morgan fingerprint density at radius 2 is 1.41 bits per heavy atom. The van der Waals surface area contributed by atoms with Crippen LogP contribution in [-0.2, 0) is 25.6 Å². The van der Waals surface area contributed by atoms with Crippen LogP contribution in [0.25, 0.3) is 0 Å². The molecule has 0 atom stereocenters. The molecule has 0 aliphatic rings. The van der Waals surface area contributed by atoms with Crippen LogP contribution in [0, 0.1) is 0 Å². The monoisotopic (exact) mass is 302 g/mol. The van der Waals surface area contributed by atoms with Gasteiger partial charge in [0.25, 0.3) is 0 Å². The standard InChI is InChI=1S/C4H9O.2C4H9.ClO.O.Ti/c1-2-3-4-5;2*1-3-4-2;1-2;;/h2-4H2,1H3;2*1,3-4H2,2H3;;;/q-1;;;-1;;+2. The second-order valence-corrected chi connectivity index (χ2v) is 12.0. The van der Waals surface area contributed by atoms with E-state index in [-0.39, 0.29) is 0 Å². The van der Waals surface area contributed by atoms with Gasteiger partial charge in [-0.3, -0.25) is 0 Å². The Labute approximate surface area is 113 Å². The summed E-state index contributed by atoms with van der Waals surface area (Å²) in [5, 5.41) is 0. The summed E-state index contributed by atoms with van der Waals surface area (Å²) < 4.78 is 24.7. The van der Waals surface area contributed by atoms with Gasteiger partial charge in [0.15, 0.2) is 0 Å². The molecule has 0 radical (unpaired) electrons. The molecule has 0 aromatic heterocycles. The van der Waals surface area contributed by atoms with Gasteiger partial charge in [0, 0.05) is 0 Å². The second kappa shape index (κ2) is 8.76. The molecule has 0 bridgehead atoms. The predicted molar refractivity (Wildman–Crippen MR) is 67.9 cm³/mol. The number of rotatable bonds is 11. The van der Waals surface area contributed by atoms with Gasteiger partial charge < -0.3 is 0 Å². The number of hydrogen-bond acceptors (Lipinski definition) is 3. The molecule has 104 valence electrons. The molecule has 0 heterocycles. The van der Waals surface area contributed by atoms with Crippen LogP contribution in [0.1, 0.15) is 59.3 Å². The summed E-state index contributed by atoms with van der Waals surface area (Å²) in [6, 6.07) is 0. The van der Waals surface area contributed by atoms with Crippen molar-refractivity contribution in [1.82, 2.24) is 0 Å². The van der Waals surface area contributed by atoms with Crippen molar-refractivity contribution in [2.75, 3.05) is 6.61 Å². The van der Waals surface area contributed by atoms with Gasteiger partial charge in [0.2, 0.25) is 0 Å². The van der Waals surface area contributed by atoms with E-state index in [9.17, 15) is 3.32 Å². The summed E-state index contributed by atoms with van der Waals surface area (Å²) in [4.78, 5) is 0. The Bertz CT molecular complexity index is 244. The molecule has 0 aromatic carbocycles. The predicted octanol–water partition coefficient (Wildman–Crippen LogP) is 5.28. The van der Waals surface area contributed by atoms with Gasteiger partial charge >= 0.3 is 113 Å². The first-order chi connectivity index (χ1) is 8.04. The van der Waals surface area contributed by atoms with E-state index in [1.54, 1.807) is 0 Å². The molecule has 0 saturated carbocycles. The van der Waals surface area contributed by atoms with Crippen molar-refractivity contribution in [1.29, 1.82) is 0 Å². The minimum absolute atomic E-state index is 0.497. The van der Waals surface area contributed by atoms with Crippen LogP contribution in [-0.4, -0.2) is 6.61 Å². The average Bonchev–Trinajstić information content (AvgIpc) is 2.35. The molecule has 5 heteroatoms. The SMILES string of the molecule is CCCC[O][Ti](=[O])([CH2]CCC)([CH2]CCC)[O]Cl. The fourth-order valence-electron chi connectivity index (χ4n) is 1.85. The summed E-state index contributed by atoms with van der Waals surface area (Å²) in [6.45, 7) is 6.71. The van der Waals surface area contributed by atoms with Crippen molar-refractivity contribution in [2.45, 2.75) is 68.7 Å². The van der Waals surface area contributed by atoms with Crippen LogP contribution in [0.3, 0.4) is 0 Å². The third kappa shape index (κ3) is 6.44. The molecule has 0 aliphatic carbocycles. The Morgan fingerprint density at radius 3 is 1.76 bits per heavy atom. The fraction of sp³-hybridized carbons (Fsp3) is 1.00. The van der Waals surface area contributed by atoms with Gasteiger partial charge in [-0.05, 0) is 0 Å². The van der Waals surface area contributed by atoms with Crippen LogP contribution in [0.2, 0.25) is 9.45 Å². The normalized spacial score (nSPS) is 13.0. The second-order valence-electron chi connectivity index (χ2n) is 4.85. The van der Waals surface area contributed by atoms with Gasteiger partial charge in [-0.1, -0.05) is 0 Å². The summed E-state index contributed by atoms with van der Waals surface area (Å²) in [5.74, 6) is 0. The van der Waals surface area contributed by atoms with E-state index in [2.05, 4.69) is 20.8 Å². The van der Waals surface area contributed by atoms with E-state index in [1.165, 1.54) is 0 Å². The van der Waals surface area contributed by atoms with Crippen molar-refractivity contribution in [2.24, 2.45) is 0 Å². The quantitative estimate of drug-likeness (QED) is 0.385. The summed E-state index contributed by atoms with van der Waals surface area (Å²) in [5.41, 5.74) is 0. The van der Waals surface area contributed by atoms with Crippen LogP contribution in [0.4, 0.5) is 0 Å². The van der Waals surface area contributed by atoms with Crippen molar-refractivity contribution in [3.63, 3.8) is 0 Å². The third-order valence-corrected chi connectivity index (χ3v) is 10.5. The molecule has 0 unspecified atom stereocenters. The number of hydrogen-bond donors (Lipinski definition) is 0. The number of halogens is 1. The zero-order valence-corrected chi connectivity index (χ0v) is 13.8. The van der Waals surface area contributed by atoms with Gasteiger partial charge in [0.1, 0.15) is 0 Å². The first-order valence-electron chi connectivity index (χ1n) is 6.88. The topological polar surface area (TPSA) is 35.5 Å². The van der Waals surface area contributed by atoms with Crippen molar-refractivity contribution in [3.05, 3.63) is 0 Å². The maximum atomic E-state index is 13.1. The molecule has 17 heavy (non-hydrogen) atoms. The molecule has 0 aromatic rings. The third-order valence-electron chi connectivity index (χ3n) is 3.12. The number of unbranched alkanes of at least 4 members (excludes halogenated alkanes) is 3. The van der Waals surface area contributed by atoms with E-state index < -0.39 is 16.1 Å². The van der Waals surface area contributed by atoms with Gasteiger partial charge in [0.05, 0.1) is 0 Å². The summed E-state index contributed by atoms with van der Waals surface area (Å²) >= 11 is 1.01. The Kier molecular flexibility index (Phi) is 9.14. The van der Waals surface area contributed by atoms with Gasteiger partial charge in [-0.25, -0.2) is 0 Å². The fourth-order valence-corrected chi connectivity index (χ4v) is 7.99. The molecule has 0 fully saturated rings. The summed E-state index contributed by atoms with van der Waals surface area (Å²) in [6.07, 6.45) is 5.58. The molecule has 0 spiro atoms. The van der Waals surface area contributed by atoms with Crippen molar-refractivity contribution >= 4 is 11.9 Å². The van der Waals surface area contributed by atoms with Gasteiger partial charge in [-0.15, -0.1) is 0 Å². The Balaban J connectivity index is 4.65. The molecule has 0 N–H and O–H groups in total. The molecule has 0 amide bonds. The molecule has 3 nitrogen and oxygen atoms in total. The van der Waals surface area contributed by atoms with Gasteiger partial charge in [-0.2, -0.15) is 0 Å². The molecule has 0 saturated heterocycles. The van der Waals surface area contributed by atoms with E-state index in [0.29, 0.717) is 16.1 Å². The van der Waals surface area contributed by atoms with Crippen LogP contribution in [0.15, 0.2) is 0 Å². The Hall–Kier alpha value is 0.724. The van der Waals surface area contributed by atoms with E-state index in [4.69, 9.17) is 18.1 Å². The van der Waals surface area contributed by atoms with E-state index in [0.717, 1.165) is 38.5 Å². The maximum absolute atomic E-state index is 13.1. The van der Waals surface area contributed by atoms with Crippen LogP contribution < -0.4 is 0 Å². The first-order valence-corrected chi connectivity index (χ1v) is 11.3. The molecular weight excluding hydrogens is 275 g/mol. The minimum atomic E-state index is -4.55. The zero-order valence-electron chi connectivity index (χ0n) is 11.5. The van der Waals surface area contributed by atoms with E-state index >= 15 is 0 Å². The Morgan fingerprint density at radius 1 is 0.941 bits per heavy atom. The first kappa shape index (κ1) is 17.7. The van der Waals surface area contributed by atoms with E-state index in [1.807, 2.05) is 0 Å². The summed E-state index contributed by atoms with van der Waals surface area (Å²) in [7, 11) is 0.